The van der Waals surface area contributed by atoms with Gasteiger partial charge in [0.05, 0.1) is 5.56 Å². The minimum absolute atomic E-state index is 0.0850. The van der Waals surface area contributed by atoms with E-state index in [1.165, 1.54) is 11.1 Å². The van der Waals surface area contributed by atoms with Crippen LogP contribution in [0.5, 0.6) is 11.5 Å². The Morgan fingerprint density at radius 1 is 0.893 bits per heavy atom. The lowest BCUT2D eigenvalue weighted by atomic mass is 10.0. The highest BCUT2D eigenvalue weighted by atomic mass is 16.5. The van der Waals surface area contributed by atoms with Gasteiger partial charge >= 0.3 is 0 Å². The number of hydrogen-bond acceptors (Lipinski definition) is 3. The van der Waals surface area contributed by atoms with E-state index < -0.39 is 0 Å². The Kier molecular flexibility index (Phi) is 4.74. The van der Waals surface area contributed by atoms with Crippen LogP contribution in [0.25, 0.3) is 6.08 Å². The minimum atomic E-state index is -0.0850. The van der Waals surface area contributed by atoms with Crippen molar-refractivity contribution in [3.63, 3.8) is 0 Å². The van der Waals surface area contributed by atoms with Crippen molar-refractivity contribution in [2.45, 2.75) is 27.4 Å². The molecule has 0 spiro atoms. The Bertz CT molecular complexity index is 1060. The van der Waals surface area contributed by atoms with Crippen LogP contribution in [0.3, 0.4) is 0 Å². The van der Waals surface area contributed by atoms with Crippen LogP contribution in [-0.2, 0) is 6.61 Å². The molecule has 0 N–H and O–H groups in total. The molecule has 0 bridgehead atoms. The Morgan fingerprint density at radius 3 is 2.21 bits per heavy atom. The highest BCUT2D eigenvalue weighted by molar-refractivity contribution is 6.15. The number of rotatable bonds is 4. The number of benzene rings is 3. The summed E-state index contributed by atoms with van der Waals surface area (Å²) >= 11 is 0. The van der Waals surface area contributed by atoms with Gasteiger partial charge in [0.1, 0.15) is 18.1 Å². The summed E-state index contributed by atoms with van der Waals surface area (Å²) in [6, 6.07) is 19.9. The molecule has 1 aliphatic heterocycles. The molecule has 0 saturated carbocycles. The highest BCUT2D eigenvalue weighted by Crippen LogP contribution is 2.37. The number of hydrogen-bond donors (Lipinski definition) is 0. The summed E-state index contributed by atoms with van der Waals surface area (Å²) in [5, 5.41) is 0. The van der Waals surface area contributed by atoms with Crippen LogP contribution in [0.1, 0.15) is 38.2 Å². The molecule has 1 aliphatic rings. The molecule has 3 heteroatoms. The molecule has 0 unspecified atom stereocenters. The summed E-state index contributed by atoms with van der Waals surface area (Å²) in [5.41, 5.74) is 5.90. The number of Topliss-reactive ketones (excluding diaryl/α,β-unsaturated/α-hetero) is 1. The summed E-state index contributed by atoms with van der Waals surface area (Å²) in [7, 11) is 0. The maximum Gasteiger partial charge on any atom is 0.232 e. The lowest BCUT2D eigenvalue weighted by Gasteiger charge is -2.09. The fourth-order valence-corrected chi connectivity index (χ4v) is 3.23. The van der Waals surface area contributed by atoms with E-state index in [0.29, 0.717) is 29.4 Å². The van der Waals surface area contributed by atoms with Crippen molar-refractivity contribution < 1.29 is 14.3 Å². The first-order valence-corrected chi connectivity index (χ1v) is 9.33. The summed E-state index contributed by atoms with van der Waals surface area (Å²) in [6.45, 7) is 6.47. The van der Waals surface area contributed by atoms with Crippen LogP contribution in [0.4, 0.5) is 0 Å². The van der Waals surface area contributed by atoms with Gasteiger partial charge in [-0.1, -0.05) is 59.7 Å². The van der Waals surface area contributed by atoms with Crippen LogP contribution < -0.4 is 9.47 Å². The van der Waals surface area contributed by atoms with Crippen molar-refractivity contribution in [2.75, 3.05) is 0 Å². The minimum Gasteiger partial charge on any atom is -0.489 e. The van der Waals surface area contributed by atoms with Gasteiger partial charge in [0.25, 0.3) is 0 Å². The summed E-state index contributed by atoms with van der Waals surface area (Å²) in [4.78, 5) is 12.8. The van der Waals surface area contributed by atoms with Gasteiger partial charge in [0.15, 0.2) is 5.76 Å². The Labute approximate surface area is 165 Å². The van der Waals surface area contributed by atoms with Crippen LogP contribution >= 0.6 is 0 Å². The molecule has 0 fully saturated rings. The largest absolute Gasteiger partial charge is 0.489 e. The molecule has 28 heavy (non-hydrogen) atoms. The van der Waals surface area contributed by atoms with E-state index in [9.17, 15) is 4.79 Å². The van der Waals surface area contributed by atoms with Gasteiger partial charge in [-0.2, -0.15) is 0 Å². The first kappa shape index (κ1) is 18.1. The van der Waals surface area contributed by atoms with E-state index in [-0.39, 0.29) is 5.78 Å². The fourth-order valence-electron chi connectivity index (χ4n) is 3.23. The SMILES string of the molecule is Cc1ccc(/C=C2\Oc3cc(OCc4ccc(C)cc4)cc(C)c3C2=O)cc1. The number of ketones is 1. The third-order valence-corrected chi connectivity index (χ3v) is 4.84. The smallest absolute Gasteiger partial charge is 0.232 e. The second-order valence-electron chi connectivity index (χ2n) is 7.24. The molecule has 1 heterocycles. The van der Waals surface area contributed by atoms with E-state index in [2.05, 4.69) is 31.2 Å². The van der Waals surface area contributed by atoms with Gasteiger partial charge < -0.3 is 9.47 Å². The van der Waals surface area contributed by atoms with E-state index in [1.54, 1.807) is 12.1 Å². The Balaban J connectivity index is 1.55. The van der Waals surface area contributed by atoms with Gasteiger partial charge in [0, 0.05) is 6.07 Å². The van der Waals surface area contributed by atoms with Gasteiger partial charge in [0.2, 0.25) is 5.78 Å². The summed E-state index contributed by atoms with van der Waals surface area (Å²) in [6.07, 6.45) is 1.79. The lowest BCUT2D eigenvalue weighted by Crippen LogP contribution is -2.00. The molecular formula is C25H22O3. The van der Waals surface area contributed by atoms with Gasteiger partial charge in [-0.05, 0) is 49.6 Å². The first-order valence-electron chi connectivity index (χ1n) is 9.33. The zero-order chi connectivity index (χ0) is 19.7. The topological polar surface area (TPSA) is 35.5 Å². The zero-order valence-corrected chi connectivity index (χ0v) is 16.3. The number of allylic oxidation sites excluding steroid dienone is 1. The molecule has 0 amide bonds. The summed E-state index contributed by atoms with van der Waals surface area (Å²) < 4.78 is 11.8. The number of ether oxygens (including phenoxy) is 2. The molecule has 0 radical (unpaired) electrons. The van der Waals surface area contributed by atoms with Crippen LogP contribution in [0.15, 0.2) is 66.4 Å². The molecular weight excluding hydrogens is 348 g/mol. The number of carbonyl (C=O) groups excluding carboxylic acids is 1. The second kappa shape index (κ2) is 7.35. The molecule has 4 rings (SSSR count). The Hall–Kier alpha value is -3.33. The van der Waals surface area contributed by atoms with Gasteiger partial charge in [-0.25, -0.2) is 0 Å². The van der Waals surface area contributed by atoms with Crippen molar-refractivity contribution in [3.8, 4) is 11.5 Å². The van der Waals surface area contributed by atoms with Crippen molar-refractivity contribution in [3.05, 3.63) is 99.8 Å². The van der Waals surface area contributed by atoms with Gasteiger partial charge in [-0.3, -0.25) is 4.79 Å². The molecule has 140 valence electrons. The van der Waals surface area contributed by atoms with E-state index in [0.717, 1.165) is 16.7 Å². The summed E-state index contributed by atoms with van der Waals surface area (Å²) in [5.74, 6) is 1.51. The number of carbonyl (C=O) groups is 1. The molecule has 3 aromatic carbocycles. The van der Waals surface area contributed by atoms with E-state index in [4.69, 9.17) is 9.47 Å². The normalized spacial score (nSPS) is 14.1. The fraction of sp³-hybridized carbons (Fsp3) is 0.160. The average Bonchev–Trinajstić information content (AvgIpc) is 2.99. The maximum absolute atomic E-state index is 12.8. The quantitative estimate of drug-likeness (QED) is 0.544. The first-order chi connectivity index (χ1) is 13.5. The van der Waals surface area contributed by atoms with Crippen molar-refractivity contribution >= 4 is 11.9 Å². The highest BCUT2D eigenvalue weighted by Gasteiger charge is 2.30. The third kappa shape index (κ3) is 3.70. The van der Waals surface area contributed by atoms with Crippen molar-refractivity contribution in [1.29, 1.82) is 0 Å². The predicted octanol–water partition coefficient (Wildman–Crippen LogP) is 5.81. The molecule has 0 atom stereocenters. The zero-order valence-electron chi connectivity index (χ0n) is 16.3. The lowest BCUT2D eigenvalue weighted by molar-refractivity contribution is 0.101. The van der Waals surface area contributed by atoms with E-state index in [1.807, 2.05) is 44.2 Å². The molecule has 0 aromatic heterocycles. The monoisotopic (exact) mass is 370 g/mol. The molecule has 0 aliphatic carbocycles. The Morgan fingerprint density at radius 2 is 1.54 bits per heavy atom. The molecule has 0 saturated heterocycles. The maximum atomic E-state index is 12.8. The molecule has 3 nitrogen and oxygen atoms in total. The number of aryl methyl sites for hydroxylation is 3. The van der Waals surface area contributed by atoms with E-state index >= 15 is 0 Å². The average molecular weight is 370 g/mol. The van der Waals surface area contributed by atoms with Crippen LogP contribution in [0.2, 0.25) is 0 Å². The predicted molar refractivity (Wildman–Crippen MR) is 111 cm³/mol. The second-order valence-corrected chi connectivity index (χ2v) is 7.24. The standard InChI is InChI=1S/C25H22O3/c1-16-4-8-19(9-5-16)13-23-25(26)24-18(3)12-21(14-22(24)28-23)27-15-20-10-6-17(2)7-11-20/h4-14H,15H2,1-3H3/b23-13-. The number of fused-ring (bicyclic) bond motifs is 1. The van der Waals surface area contributed by atoms with Gasteiger partial charge in [-0.15, -0.1) is 0 Å². The third-order valence-electron chi connectivity index (χ3n) is 4.84. The van der Waals surface area contributed by atoms with Crippen molar-refractivity contribution in [2.24, 2.45) is 0 Å². The van der Waals surface area contributed by atoms with Crippen LogP contribution in [-0.4, -0.2) is 5.78 Å². The van der Waals surface area contributed by atoms with Crippen molar-refractivity contribution in [1.82, 2.24) is 0 Å². The van der Waals surface area contributed by atoms with Crippen LogP contribution in [0, 0.1) is 20.8 Å². The molecule has 3 aromatic rings.